The SMILES string of the molecule is COc1cc(NC(=O)C2CSCN2C(=O)CC(C)(C)C)ccc1C(=O)O. The van der Waals surface area contributed by atoms with Gasteiger partial charge in [0, 0.05) is 23.9 Å². The van der Waals surface area contributed by atoms with Gasteiger partial charge in [-0.2, -0.15) is 0 Å². The minimum Gasteiger partial charge on any atom is -0.496 e. The molecule has 142 valence electrons. The summed E-state index contributed by atoms with van der Waals surface area (Å²) in [5.74, 6) is -0.244. The van der Waals surface area contributed by atoms with Gasteiger partial charge in [0.05, 0.1) is 13.0 Å². The van der Waals surface area contributed by atoms with Crippen LogP contribution >= 0.6 is 11.8 Å². The fourth-order valence-corrected chi connectivity index (χ4v) is 3.81. The van der Waals surface area contributed by atoms with Crippen molar-refractivity contribution in [2.24, 2.45) is 5.41 Å². The topological polar surface area (TPSA) is 95.9 Å². The summed E-state index contributed by atoms with van der Waals surface area (Å²) in [4.78, 5) is 37.9. The van der Waals surface area contributed by atoms with Gasteiger partial charge in [0.2, 0.25) is 11.8 Å². The number of carboxylic acids is 1. The van der Waals surface area contributed by atoms with Gasteiger partial charge in [0.25, 0.3) is 0 Å². The van der Waals surface area contributed by atoms with Crippen molar-refractivity contribution in [2.75, 3.05) is 24.1 Å². The van der Waals surface area contributed by atoms with Gasteiger partial charge in [-0.25, -0.2) is 4.79 Å². The van der Waals surface area contributed by atoms with Crippen molar-refractivity contribution < 1.29 is 24.2 Å². The smallest absolute Gasteiger partial charge is 0.339 e. The molecule has 2 rings (SSSR count). The fraction of sp³-hybridized carbons (Fsp3) is 0.500. The van der Waals surface area contributed by atoms with E-state index in [1.54, 1.807) is 4.90 Å². The van der Waals surface area contributed by atoms with Crippen LogP contribution in [0.2, 0.25) is 0 Å². The van der Waals surface area contributed by atoms with Gasteiger partial charge in [0.1, 0.15) is 17.4 Å². The molecule has 1 fully saturated rings. The van der Waals surface area contributed by atoms with Crippen LogP contribution in [0.4, 0.5) is 5.69 Å². The number of amides is 2. The maximum Gasteiger partial charge on any atom is 0.339 e. The number of carbonyl (C=O) groups is 3. The van der Waals surface area contributed by atoms with E-state index in [2.05, 4.69) is 5.32 Å². The van der Waals surface area contributed by atoms with Crippen LogP contribution in [0, 0.1) is 5.41 Å². The molecule has 2 amide bonds. The molecular weight excluding hydrogens is 356 g/mol. The second-order valence-corrected chi connectivity index (χ2v) is 8.33. The number of carbonyl (C=O) groups excluding carboxylic acids is 2. The molecule has 0 aromatic heterocycles. The predicted octanol–water partition coefficient (Wildman–Crippen LogP) is 2.67. The number of anilines is 1. The summed E-state index contributed by atoms with van der Waals surface area (Å²) < 4.78 is 5.07. The first-order valence-electron chi connectivity index (χ1n) is 8.22. The summed E-state index contributed by atoms with van der Waals surface area (Å²) in [6, 6.07) is 3.81. The highest BCUT2D eigenvalue weighted by atomic mass is 32.2. The first kappa shape index (κ1) is 20.1. The normalized spacial score (nSPS) is 17.1. The Balaban J connectivity index is 2.11. The van der Waals surface area contributed by atoms with E-state index in [9.17, 15) is 14.4 Å². The third-order valence-corrected chi connectivity index (χ3v) is 4.90. The Bertz CT molecular complexity index is 714. The molecule has 1 aliphatic heterocycles. The van der Waals surface area contributed by atoms with Crippen molar-refractivity contribution >= 4 is 35.2 Å². The Kier molecular flexibility index (Phi) is 6.17. The monoisotopic (exact) mass is 380 g/mol. The number of nitrogens with one attached hydrogen (secondary N) is 1. The van der Waals surface area contributed by atoms with Gasteiger partial charge in [0.15, 0.2) is 0 Å². The Hall–Kier alpha value is -2.22. The lowest BCUT2D eigenvalue weighted by atomic mass is 9.91. The molecule has 0 radical (unpaired) electrons. The van der Waals surface area contributed by atoms with Gasteiger partial charge in [-0.15, -0.1) is 11.8 Å². The van der Waals surface area contributed by atoms with E-state index >= 15 is 0 Å². The lowest BCUT2D eigenvalue weighted by Gasteiger charge is -2.26. The summed E-state index contributed by atoms with van der Waals surface area (Å²) in [5.41, 5.74) is 0.298. The molecule has 7 nitrogen and oxygen atoms in total. The van der Waals surface area contributed by atoms with Crippen molar-refractivity contribution in [3.05, 3.63) is 23.8 Å². The highest BCUT2D eigenvalue weighted by molar-refractivity contribution is 7.99. The third kappa shape index (κ3) is 4.91. The van der Waals surface area contributed by atoms with E-state index in [0.717, 1.165) is 0 Å². The molecule has 0 bridgehead atoms. The van der Waals surface area contributed by atoms with Crippen LogP contribution in [0.25, 0.3) is 0 Å². The van der Waals surface area contributed by atoms with E-state index in [-0.39, 0.29) is 28.5 Å². The minimum atomic E-state index is -1.11. The molecule has 0 spiro atoms. The van der Waals surface area contributed by atoms with Crippen LogP contribution in [-0.2, 0) is 9.59 Å². The molecule has 0 aliphatic carbocycles. The van der Waals surface area contributed by atoms with Crippen LogP contribution < -0.4 is 10.1 Å². The Morgan fingerprint density at radius 3 is 2.62 bits per heavy atom. The average molecular weight is 380 g/mol. The van der Waals surface area contributed by atoms with Crippen LogP contribution in [0.1, 0.15) is 37.6 Å². The summed E-state index contributed by atoms with van der Waals surface area (Å²) >= 11 is 1.54. The summed E-state index contributed by atoms with van der Waals surface area (Å²) in [7, 11) is 1.37. The zero-order chi connectivity index (χ0) is 19.5. The first-order chi connectivity index (χ1) is 12.1. The van der Waals surface area contributed by atoms with E-state index in [1.165, 1.54) is 37.1 Å². The third-order valence-electron chi connectivity index (χ3n) is 3.89. The van der Waals surface area contributed by atoms with Crippen molar-refractivity contribution in [1.82, 2.24) is 4.90 Å². The van der Waals surface area contributed by atoms with Crippen molar-refractivity contribution in [3.8, 4) is 5.75 Å². The molecule has 1 aliphatic rings. The van der Waals surface area contributed by atoms with E-state index in [1.807, 2.05) is 20.8 Å². The maximum atomic E-state index is 12.6. The van der Waals surface area contributed by atoms with Crippen LogP contribution in [0.15, 0.2) is 18.2 Å². The molecule has 8 heteroatoms. The van der Waals surface area contributed by atoms with E-state index < -0.39 is 12.0 Å². The Labute approximate surface area is 157 Å². The number of rotatable bonds is 5. The number of methoxy groups -OCH3 is 1. The molecule has 0 saturated carbocycles. The first-order valence-corrected chi connectivity index (χ1v) is 9.37. The molecule has 2 N–H and O–H groups in total. The molecule has 1 saturated heterocycles. The highest BCUT2D eigenvalue weighted by Crippen LogP contribution is 2.28. The summed E-state index contributed by atoms with van der Waals surface area (Å²) in [6.07, 6.45) is 0.373. The number of benzene rings is 1. The quantitative estimate of drug-likeness (QED) is 0.815. The number of carboxylic acid groups (broad SMARTS) is 1. The van der Waals surface area contributed by atoms with Crippen molar-refractivity contribution in [2.45, 2.75) is 33.2 Å². The zero-order valence-corrected chi connectivity index (χ0v) is 16.2. The maximum absolute atomic E-state index is 12.6. The predicted molar refractivity (Wildman–Crippen MR) is 101 cm³/mol. The Morgan fingerprint density at radius 2 is 2.04 bits per heavy atom. The van der Waals surface area contributed by atoms with Crippen molar-refractivity contribution in [1.29, 1.82) is 0 Å². The average Bonchev–Trinajstić information content (AvgIpc) is 3.02. The minimum absolute atomic E-state index is 0.0175. The van der Waals surface area contributed by atoms with Gasteiger partial charge < -0.3 is 20.1 Å². The number of hydrogen-bond acceptors (Lipinski definition) is 5. The fourth-order valence-electron chi connectivity index (χ4n) is 2.63. The second kappa shape index (κ2) is 7.99. The van der Waals surface area contributed by atoms with Crippen LogP contribution in [-0.4, -0.2) is 52.6 Å². The van der Waals surface area contributed by atoms with E-state index in [0.29, 0.717) is 23.7 Å². The summed E-state index contributed by atoms with van der Waals surface area (Å²) in [6.45, 7) is 5.96. The lowest BCUT2D eigenvalue weighted by Crippen LogP contribution is -2.45. The van der Waals surface area contributed by atoms with E-state index in [4.69, 9.17) is 9.84 Å². The van der Waals surface area contributed by atoms with Gasteiger partial charge in [-0.05, 0) is 17.5 Å². The van der Waals surface area contributed by atoms with Crippen LogP contribution in [0.3, 0.4) is 0 Å². The second-order valence-electron chi connectivity index (χ2n) is 7.33. The molecule has 26 heavy (non-hydrogen) atoms. The van der Waals surface area contributed by atoms with Gasteiger partial charge in [-0.3, -0.25) is 9.59 Å². The molecule has 1 atom stereocenters. The number of thioether (sulfide) groups is 1. The summed E-state index contributed by atoms with van der Waals surface area (Å²) in [5, 5.41) is 11.9. The van der Waals surface area contributed by atoms with Crippen molar-refractivity contribution in [3.63, 3.8) is 0 Å². The van der Waals surface area contributed by atoms with Gasteiger partial charge in [-0.1, -0.05) is 20.8 Å². The van der Waals surface area contributed by atoms with Crippen LogP contribution in [0.5, 0.6) is 5.75 Å². The number of aromatic carboxylic acids is 1. The molecule has 1 aromatic rings. The number of hydrogen-bond donors (Lipinski definition) is 2. The number of ether oxygens (including phenoxy) is 1. The molecule has 1 unspecified atom stereocenters. The van der Waals surface area contributed by atoms with Gasteiger partial charge >= 0.3 is 5.97 Å². The zero-order valence-electron chi connectivity index (χ0n) is 15.4. The Morgan fingerprint density at radius 1 is 1.35 bits per heavy atom. The highest BCUT2D eigenvalue weighted by Gasteiger charge is 2.35. The number of nitrogens with zero attached hydrogens (tertiary/aromatic N) is 1. The standard InChI is InChI=1S/C18H24N2O5S/c1-18(2,3)8-15(21)20-10-26-9-13(20)16(22)19-11-5-6-12(17(23)24)14(7-11)25-4/h5-7,13H,8-10H2,1-4H3,(H,19,22)(H,23,24). The largest absolute Gasteiger partial charge is 0.496 e. The molecule has 1 aromatic carbocycles. The lowest BCUT2D eigenvalue weighted by molar-refractivity contribution is -0.137. The molecule has 1 heterocycles. The molecular formula is C18H24N2O5S.